The molecule has 0 bridgehead atoms. The van der Waals surface area contributed by atoms with Crippen molar-refractivity contribution in [1.29, 1.82) is 0 Å². The van der Waals surface area contributed by atoms with Gasteiger partial charge in [0.15, 0.2) is 0 Å². The molecule has 3 nitrogen and oxygen atoms in total. The Morgan fingerprint density at radius 2 is 2.16 bits per heavy atom. The standard InChI is InChI=1S/C14H18F2N2O/c1-18(9-14(15)16)6-5-10-8-17-13-4-3-11(19-2)7-12(10)13/h3-4,7-8,14,17H,5-6,9H2,1-2H3. The maximum absolute atomic E-state index is 12.2. The predicted molar refractivity (Wildman–Crippen MR) is 72.1 cm³/mol. The van der Waals surface area contributed by atoms with Crippen LogP contribution in [0.5, 0.6) is 5.75 Å². The van der Waals surface area contributed by atoms with Crippen LogP contribution in [-0.2, 0) is 6.42 Å². The average Bonchev–Trinajstić information content (AvgIpc) is 2.77. The molecule has 0 aliphatic carbocycles. The molecule has 0 atom stereocenters. The lowest BCUT2D eigenvalue weighted by Crippen LogP contribution is -2.26. The number of hydrogen-bond acceptors (Lipinski definition) is 2. The second-order valence-corrected chi connectivity index (χ2v) is 4.63. The third kappa shape index (κ3) is 3.44. The van der Waals surface area contributed by atoms with Crippen LogP contribution >= 0.6 is 0 Å². The zero-order valence-electron chi connectivity index (χ0n) is 11.1. The molecule has 0 radical (unpaired) electrons. The topological polar surface area (TPSA) is 28.3 Å². The molecule has 2 rings (SSSR count). The van der Waals surface area contributed by atoms with Crippen LogP contribution in [-0.4, -0.2) is 43.6 Å². The molecule has 2 aromatic rings. The Bertz CT molecular complexity index is 539. The second kappa shape index (κ2) is 6.02. The summed E-state index contributed by atoms with van der Waals surface area (Å²) in [6.45, 7) is 0.417. The molecule has 1 aromatic carbocycles. The Balaban J connectivity index is 2.08. The lowest BCUT2D eigenvalue weighted by Gasteiger charge is -2.15. The molecule has 5 heteroatoms. The number of aromatic nitrogens is 1. The van der Waals surface area contributed by atoms with Crippen LogP contribution in [0.4, 0.5) is 8.78 Å². The Morgan fingerprint density at radius 1 is 1.37 bits per heavy atom. The van der Waals surface area contributed by atoms with E-state index in [2.05, 4.69) is 4.98 Å². The number of nitrogens with zero attached hydrogens (tertiary/aromatic N) is 1. The fraction of sp³-hybridized carbons (Fsp3) is 0.429. The highest BCUT2D eigenvalue weighted by Crippen LogP contribution is 2.24. The van der Waals surface area contributed by atoms with Crippen molar-refractivity contribution >= 4 is 10.9 Å². The number of alkyl halides is 2. The summed E-state index contributed by atoms with van der Waals surface area (Å²) < 4.78 is 29.7. The van der Waals surface area contributed by atoms with Crippen molar-refractivity contribution in [2.45, 2.75) is 12.8 Å². The summed E-state index contributed by atoms with van der Waals surface area (Å²) >= 11 is 0. The third-order valence-corrected chi connectivity index (χ3v) is 3.19. The summed E-state index contributed by atoms with van der Waals surface area (Å²) in [4.78, 5) is 4.82. The second-order valence-electron chi connectivity index (χ2n) is 4.63. The fourth-order valence-corrected chi connectivity index (χ4v) is 2.13. The van der Waals surface area contributed by atoms with Gasteiger partial charge in [0.2, 0.25) is 0 Å². The first-order valence-electron chi connectivity index (χ1n) is 6.21. The maximum atomic E-state index is 12.2. The highest BCUT2D eigenvalue weighted by molar-refractivity contribution is 5.84. The van der Waals surface area contributed by atoms with Gasteiger partial charge in [-0.3, -0.25) is 0 Å². The smallest absolute Gasteiger partial charge is 0.251 e. The number of benzene rings is 1. The average molecular weight is 268 g/mol. The van der Waals surface area contributed by atoms with Gasteiger partial charge in [-0.15, -0.1) is 0 Å². The van der Waals surface area contributed by atoms with Gasteiger partial charge in [0.25, 0.3) is 6.43 Å². The molecule has 0 aliphatic rings. The van der Waals surface area contributed by atoms with Crippen molar-refractivity contribution in [2.75, 3.05) is 27.2 Å². The van der Waals surface area contributed by atoms with Crippen molar-refractivity contribution < 1.29 is 13.5 Å². The van der Waals surface area contributed by atoms with Gasteiger partial charge in [-0.05, 0) is 37.2 Å². The van der Waals surface area contributed by atoms with Gasteiger partial charge < -0.3 is 14.6 Å². The number of aromatic amines is 1. The summed E-state index contributed by atoms with van der Waals surface area (Å²) in [5.74, 6) is 0.800. The number of likely N-dealkylation sites (N-methyl/N-ethyl adjacent to an activating group) is 1. The minimum Gasteiger partial charge on any atom is -0.497 e. The quantitative estimate of drug-likeness (QED) is 0.872. The molecule has 104 valence electrons. The van der Waals surface area contributed by atoms with E-state index >= 15 is 0 Å². The van der Waals surface area contributed by atoms with E-state index in [4.69, 9.17) is 4.74 Å². The van der Waals surface area contributed by atoms with E-state index in [0.29, 0.717) is 6.54 Å². The van der Waals surface area contributed by atoms with E-state index in [1.54, 1.807) is 19.1 Å². The monoisotopic (exact) mass is 268 g/mol. The summed E-state index contributed by atoms with van der Waals surface area (Å²) in [6.07, 6.45) is 0.379. The van der Waals surface area contributed by atoms with Crippen molar-refractivity contribution in [3.63, 3.8) is 0 Å². The minimum atomic E-state index is -2.28. The van der Waals surface area contributed by atoms with Crippen LogP contribution in [0.1, 0.15) is 5.56 Å². The number of H-pyrrole nitrogens is 1. The van der Waals surface area contributed by atoms with E-state index < -0.39 is 6.43 Å². The first-order chi connectivity index (χ1) is 9.10. The number of ether oxygens (including phenoxy) is 1. The maximum Gasteiger partial charge on any atom is 0.251 e. The number of fused-ring (bicyclic) bond motifs is 1. The van der Waals surface area contributed by atoms with Gasteiger partial charge in [-0.25, -0.2) is 8.78 Å². The Kier molecular flexibility index (Phi) is 4.37. The van der Waals surface area contributed by atoms with Crippen LogP contribution < -0.4 is 4.74 Å². The van der Waals surface area contributed by atoms with E-state index in [1.807, 2.05) is 24.4 Å². The van der Waals surface area contributed by atoms with Gasteiger partial charge in [0, 0.05) is 23.6 Å². The number of halogens is 2. The molecule has 0 unspecified atom stereocenters. The minimum absolute atomic E-state index is 0.189. The Morgan fingerprint density at radius 3 is 2.84 bits per heavy atom. The van der Waals surface area contributed by atoms with Gasteiger partial charge in [-0.2, -0.15) is 0 Å². The molecular formula is C14H18F2N2O. The molecule has 0 amide bonds. The number of rotatable bonds is 6. The van der Waals surface area contributed by atoms with Gasteiger partial charge in [-0.1, -0.05) is 0 Å². The third-order valence-electron chi connectivity index (χ3n) is 3.19. The van der Waals surface area contributed by atoms with Crippen LogP contribution in [0.15, 0.2) is 24.4 Å². The summed E-state index contributed by atoms with van der Waals surface area (Å²) in [5, 5.41) is 1.09. The molecule has 1 heterocycles. The number of hydrogen-bond donors (Lipinski definition) is 1. The molecule has 0 spiro atoms. The zero-order valence-corrected chi connectivity index (χ0v) is 11.1. The van der Waals surface area contributed by atoms with Crippen molar-refractivity contribution in [3.05, 3.63) is 30.0 Å². The van der Waals surface area contributed by atoms with Crippen LogP contribution in [0.25, 0.3) is 10.9 Å². The normalized spacial score (nSPS) is 11.7. The summed E-state index contributed by atoms with van der Waals surface area (Å²) in [6, 6.07) is 5.82. The molecule has 0 aliphatic heterocycles. The van der Waals surface area contributed by atoms with E-state index in [-0.39, 0.29) is 6.54 Å². The molecule has 0 saturated heterocycles. The summed E-state index contributed by atoms with van der Waals surface area (Å²) in [7, 11) is 3.34. The molecule has 1 N–H and O–H groups in total. The van der Waals surface area contributed by atoms with Crippen LogP contribution in [0.3, 0.4) is 0 Å². The van der Waals surface area contributed by atoms with E-state index in [1.165, 1.54) is 0 Å². The zero-order chi connectivity index (χ0) is 13.8. The highest BCUT2D eigenvalue weighted by atomic mass is 19.3. The van der Waals surface area contributed by atoms with Gasteiger partial charge >= 0.3 is 0 Å². The predicted octanol–water partition coefficient (Wildman–Crippen LogP) is 2.92. The Labute approximate surface area is 111 Å². The fourth-order valence-electron chi connectivity index (χ4n) is 2.13. The summed E-state index contributed by atoms with van der Waals surface area (Å²) in [5.41, 5.74) is 2.15. The highest BCUT2D eigenvalue weighted by Gasteiger charge is 2.09. The van der Waals surface area contributed by atoms with E-state index in [0.717, 1.165) is 28.6 Å². The van der Waals surface area contributed by atoms with Crippen molar-refractivity contribution in [1.82, 2.24) is 9.88 Å². The first-order valence-corrected chi connectivity index (χ1v) is 6.21. The first kappa shape index (κ1) is 13.8. The lowest BCUT2D eigenvalue weighted by atomic mass is 10.1. The SMILES string of the molecule is COc1ccc2[nH]cc(CCN(C)CC(F)F)c2c1. The largest absolute Gasteiger partial charge is 0.497 e. The molecule has 19 heavy (non-hydrogen) atoms. The molecule has 1 aromatic heterocycles. The number of methoxy groups -OCH3 is 1. The lowest BCUT2D eigenvalue weighted by molar-refractivity contribution is 0.101. The van der Waals surface area contributed by atoms with Crippen LogP contribution in [0, 0.1) is 0 Å². The van der Waals surface area contributed by atoms with Gasteiger partial charge in [0.1, 0.15) is 5.75 Å². The molecule has 0 fully saturated rings. The van der Waals surface area contributed by atoms with Crippen molar-refractivity contribution in [2.24, 2.45) is 0 Å². The number of nitrogens with one attached hydrogen (secondary N) is 1. The van der Waals surface area contributed by atoms with Gasteiger partial charge in [0.05, 0.1) is 13.7 Å². The Hall–Kier alpha value is -1.62. The molecular weight excluding hydrogens is 250 g/mol. The van der Waals surface area contributed by atoms with Crippen LogP contribution in [0.2, 0.25) is 0 Å². The van der Waals surface area contributed by atoms with Crippen molar-refractivity contribution in [3.8, 4) is 5.75 Å². The van der Waals surface area contributed by atoms with E-state index in [9.17, 15) is 8.78 Å². The molecule has 0 saturated carbocycles.